The molecule has 0 fully saturated rings. The van der Waals surface area contributed by atoms with E-state index in [4.69, 9.17) is 17.3 Å². The number of hydrogen-bond donors (Lipinski definition) is 2. The zero-order valence-electron chi connectivity index (χ0n) is 8.13. The van der Waals surface area contributed by atoms with Crippen molar-refractivity contribution >= 4 is 36.0 Å². The van der Waals surface area contributed by atoms with E-state index >= 15 is 0 Å². The molecule has 0 aliphatic carbocycles. The van der Waals surface area contributed by atoms with Crippen LogP contribution in [-0.4, -0.2) is 5.75 Å². The fraction of sp³-hybridized carbons (Fsp3) is 0.273. The number of nitrogens with two attached hydrogens (primary N) is 1. The maximum Gasteiger partial charge on any atom is 0.0644 e. The van der Waals surface area contributed by atoms with Crippen LogP contribution in [0.15, 0.2) is 18.2 Å². The van der Waals surface area contributed by atoms with Gasteiger partial charge in [-0.05, 0) is 42.4 Å². The molecule has 1 nitrogen and oxygen atoms in total. The zero-order chi connectivity index (χ0) is 10.6. The normalized spacial score (nSPS) is 11.1. The predicted octanol–water partition coefficient (Wildman–Crippen LogP) is 3.56. The molecule has 0 radical (unpaired) electrons. The van der Waals surface area contributed by atoms with Crippen LogP contribution < -0.4 is 5.73 Å². The van der Waals surface area contributed by atoms with Gasteiger partial charge in [-0.25, -0.2) is 0 Å². The van der Waals surface area contributed by atoms with Crippen molar-refractivity contribution < 1.29 is 0 Å². The molecular formula is C11H14ClNS. The van der Waals surface area contributed by atoms with Crippen LogP contribution in [0.4, 0.5) is 5.69 Å². The van der Waals surface area contributed by atoms with Crippen LogP contribution in [0.1, 0.15) is 17.5 Å². The zero-order valence-corrected chi connectivity index (χ0v) is 9.78. The summed E-state index contributed by atoms with van der Waals surface area (Å²) < 4.78 is 0. The van der Waals surface area contributed by atoms with Crippen LogP contribution >= 0.6 is 24.2 Å². The third-order valence-corrected chi connectivity index (χ3v) is 2.54. The Balaban J connectivity index is 2.89. The van der Waals surface area contributed by atoms with Gasteiger partial charge in [0.15, 0.2) is 0 Å². The molecule has 0 spiro atoms. The lowest BCUT2D eigenvalue weighted by atomic mass is 10.1. The molecule has 2 N–H and O–H groups in total. The number of hydrogen-bond acceptors (Lipinski definition) is 2. The lowest BCUT2D eigenvalue weighted by Gasteiger charge is -2.04. The number of benzene rings is 1. The fourth-order valence-corrected chi connectivity index (χ4v) is 1.60. The van der Waals surface area contributed by atoms with Gasteiger partial charge in [-0.15, -0.1) is 0 Å². The third kappa shape index (κ3) is 2.96. The number of nitrogen functional groups attached to an aromatic ring is 1. The van der Waals surface area contributed by atoms with Crippen molar-refractivity contribution in [1.82, 2.24) is 0 Å². The molecule has 0 amide bonds. The van der Waals surface area contributed by atoms with Gasteiger partial charge in [0.1, 0.15) is 0 Å². The van der Waals surface area contributed by atoms with Crippen molar-refractivity contribution in [2.45, 2.75) is 13.3 Å². The van der Waals surface area contributed by atoms with Gasteiger partial charge < -0.3 is 5.73 Å². The van der Waals surface area contributed by atoms with Crippen molar-refractivity contribution in [3.63, 3.8) is 0 Å². The molecule has 0 aliphatic rings. The molecule has 0 aliphatic heterocycles. The minimum Gasteiger partial charge on any atom is -0.397 e. The van der Waals surface area contributed by atoms with E-state index < -0.39 is 0 Å². The molecule has 0 aromatic heterocycles. The molecule has 1 aromatic rings. The Kier molecular flexibility index (Phi) is 4.36. The monoisotopic (exact) mass is 227 g/mol. The summed E-state index contributed by atoms with van der Waals surface area (Å²) in [4.78, 5) is 0. The topological polar surface area (TPSA) is 26.0 Å². The first-order chi connectivity index (χ1) is 6.65. The van der Waals surface area contributed by atoms with E-state index in [1.54, 1.807) is 0 Å². The average molecular weight is 228 g/mol. The molecule has 0 atom stereocenters. The van der Waals surface area contributed by atoms with Crippen molar-refractivity contribution in [2.75, 3.05) is 11.5 Å². The largest absolute Gasteiger partial charge is 0.397 e. The number of allylic oxidation sites excluding steroid dienone is 1. The third-order valence-electron chi connectivity index (χ3n) is 1.96. The van der Waals surface area contributed by atoms with Crippen LogP contribution in [0.5, 0.6) is 0 Å². The number of halogens is 1. The van der Waals surface area contributed by atoms with Crippen molar-refractivity contribution in [3.05, 3.63) is 34.4 Å². The summed E-state index contributed by atoms with van der Waals surface area (Å²) in [5.41, 5.74) is 8.51. The van der Waals surface area contributed by atoms with E-state index in [1.165, 1.54) is 0 Å². The molecule has 1 aromatic carbocycles. The number of anilines is 1. The Morgan fingerprint density at radius 2 is 2.21 bits per heavy atom. The summed E-state index contributed by atoms with van der Waals surface area (Å²) in [5, 5.41) is 0.621. The standard InChI is InChI=1S/C11H14ClNS/c1-8-6-9(4-2-3-5-14)7-10(12)11(8)13/h2,4,6-7,14H,3,5,13H2,1H3. The number of rotatable bonds is 3. The Morgan fingerprint density at radius 1 is 1.50 bits per heavy atom. The van der Waals surface area contributed by atoms with Crippen LogP contribution in [0.3, 0.4) is 0 Å². The first kappa shape index (κ1) is 11.5. The second kappa shape index (κ2) is 5.32. The van der Waals surface area contributed by atoms with Crippen LogP contribution in [0.25, 0.3) is 6.08 Å². The molecule has 0 unspecified atom stereocenters. The SMILES string of the molecule is Cc1cc(C=CCCS)cc(Cl)c1N. The predicted molar refractivity (Wildman–Crippen MR) is 68.1 cm³/mol. The molecule has 0 bridgehead atoms. The lowest BCUT2D eigenvalue weighted by molar-refractivity contribution is 1.26. The van der Waals surface area contributed by atoms with Gasteiger partial charge in [0, 0.05) is 0 Å². The van der Waals surface area contributed by atoms with E-state index in [0.29, 0.717) is 10.7 Å². The van der Waals surface area contributed by atoms with Gasteiger partial charge in [-0.2, -0.15) is 12.6 Å². The second-order valence-corrected chi connectivity index (χ2v) is 4.00. The average Bonchev–Trinajstić information content (AvgIpc) is 2.14. The van der Waals surface area contributed by atoms with E-state index in [2.05, 4.69) is 18.7 Å². The number of aryl methyl sites for hydroxylation is 1. The summed E-state index contributed by atoms with van der Waals surface area (Å²) in [5.74, 6) is 0.859. The van der Waals surface area contributed by atoms with E-state index in [9.17, 15) is 0 Å². The van der Waals surface area contributed by atoms with Gasteiger partial charge in [-0.3, -0.25) is 0 Å². The quantitative estimate of drug-likeness (QED) is 0.599. The highest BCUT2D eigenvalue weighted by Gasteiger charge is 2.00. The summed E-state index contributed by atoms with van der Waals surface area (Å²) in [6.45, 7) is 1.96. The fourth-order valence-electron chi connectivity index (χ4n) is 1.17. The molecule has 3 heteroatoms. The van der Waals surface area contributed by atoms with Gasteiger partial charge in [0.25, 0.3) is 0 Å². The minimum atomic E-state index is 0.621. The summed E-state index contributed by atoms with van der Waals surface area (Å²) >= 11 is 10.1. The lowest BCUT2D eigenvalue weighted by Crippen LogP contribution is -1.91. The molecular weight excluding hydrogens is 214 g/mol. The van der Waals surface area contributed by atoms with E-state index in [0.717, 1.165) is 23.3 Å². The van der Waals surface area contributed by atoms with Gasteiger partial charge >= 0.3 is 0 Å². The van der Waals surface area contributed by atoms with Crippen molar-refractivity contribution in [1.29, 1.82) is 0 Å². The summed E-state index contributed by atoms with van der Waals surface area (Å²) in [6.07, 6.45) is 5.08. The maximum atomic E-state index is 5.96. The van der Waals surface area contributed by atoms with Gasteiger partial charge in [0.05, 0.1) is 10.7 Å². The Bertz CT molecular complexity index is 324. The second-order valence-electron chi connectivity index (χ2n) is 3.15. The molecule has 0 saturated carbocycles. The van der Waals surface area contributed by atoms with Crippen LogP contribution in [-0.2, 0) is 0 Å². The highest BCUT2D eigenvalue weighted by molar-refractivity contribution is 7.80. The summed E-state index contributed by atoms with van der Waals surface area (Å²) in [6, 6.07) is 3.90. The highest BCUT2D eigenvalue weighted by atomic mass is 35.5. The molecule has 14 heavy (non-hydrogen) atoms. The minimum absolute atomic E-state index is 0.621. The Morgan fingerprint density at radius 3 is 2.79 bits per heavy atom. The smallest absolute Gasteiger partial charge is 0.0644 e. The Hall–Kier alpha value is -0.600. The van der Waals surface area contributed by atoms with Gasteiger partial charge in [0.2, 0.25) is 0 Å². The molecule has 0 saturated heterocycles. The summed E-state index contributed by atoms with van der Waals surface area (Å²) in [7, 11) is 0. The van der Waals surface area contributed by atoms with Crippen LogP contribution in [0.2, 0.25) is 5.02 Å². The van der Waals surface area contributed by atoms with E-state index in [1.807, 2.05) is 25.1 Å². The Labute approximate surface area is 95.4 Å². The van der Waals surface area contributed by atoms with E-state index in [-0.39, 0.29) is 0 Å². The van der Waals surface area contributed by atoms with Crippen molar-refractivity contribution in [2.24, 2.45) is 0 Å². The molecule has 1 rings (SSSR count). The first-order valence-electron chi connectivity index (χ1n) is 4.48. The van der Waals surface area contributed by atoms with Crippen molar-refractivity contribution in [3.8, 4) is 0 Å². The number of thiol groups is 1. The molecule has 76 valence electrons. The highest BCUT2D eigenvalue weighted by Crippen LogP contribution is 2.24. The van der Waals surface area contributed by atoms with Crippen LogP contribution in [0, 0.1) is 6.92 Å². The van der Waals surface area contributed by atoms with Gasteiger partial charge in [-0.1, -0.05) is 23.8 Å². The maximum absolute atomic E-state index is 5.96. The molecule has 0 heterocycles. The first-order valence-corrected chi connectivity index (χ1v) is 5.49.